The molecule has 0 saturated heterocycles. The lowest BCUT2D eigenvalue weighted by molar-refractivity contribution is 0.0955. The molecule has 1 aromatic carbocycles. The van der Waals surface area contributed by atoms with E-state index in [1.165, 1.54) is 0 Å². The third kappa shape index (κ3) is 3.52. The lowest BCUT2D eigenvalue weighted by Gasteiger charge is -2.02. The number of carbonyl (C=O) groups excluding carboxylic acids is 1. The van der Waals surface area contributed by atoms with E-state index in [-0.39, 0.29) is 5.91 Å². The molecule has 0 radical (unpaired) electrons. The van der Waals surface area contributed by atoms with E-state index >= 15 is 0 Å². The third-order valence-corrected chi connectivity index (χ3v) is 4.49. The van der Waals surface area contributed by atoms with E-state index in [1.54, 1.807) is 29.7 Å². The topological polar surface area (TPSA) is 41.5 Å². The van der Waals surface area contributed by atoms with Gasteiger partial charge in [0.25, 0.3) is 5.91 Å². The van der Waals surface area contributed by atoms with Crippen LogP contribution in [0.15, 0.2) is 39.2 Å². The average Bonchev–Trinajstić information content (AvgIpc) is 2.78. The van der Waals surface area contributed by atoms with Gasteiger partial charge in [-0.1, -0.05) is 22.0 Å². The fourth-order valence-electron chi connectivity index (χ4n) is 1.46. The summed E-state index contributed by atoms with van der Waals surface area (Å²) in [6.07, 6.45) is 1.67. The van der Waals surface area contributed by atoms with Crippen molar-refractivity contribution in [3.63, 3.8) is 0 Å². The Balaban J connectivity index is 2.03. The first-order valence-corrected chi connectivity index (χ1v) is 7.39. The Bertz CT molecular complexity index is 634. The molecule has 19 heavy (non-hydrogen) atoms. The maximum atomic E-state index is 11.9. The van der Waals surface area contributed by atoms with Crippen molar-refractivity contribution < 1.29 is 4.79 Å². The molecule has 0 unspecified atom stereocenters. The van der Waals surface area contributed by atoms with Crippen LogP contribution in [0.2, 0.25) is 0 Å². The summed E-state index contributed by atoms with van der Waals surface area (Å²) in [5.41, 5.74) is 5.35. The Morgan fingerprint density at radius 2 is 2.11 bits per heavy atom. The zero-order valence-corrected chi connectivity index (χ0v) is 13.0. The number of hydrogen-bond acceptors (Lipinski definition) is 3. The molecule has 0 saturated carbocycles. The van der Waals surface area contributed by atoms with Gasteiger partial charge in [0.1, 0.15) is 0 Å². The lowest BCUT2D eigenvalue weighted by Crippen LogP contribution is -2.17. The number of nitrogens with zero attached hydrogens (tertiary/aromatic N) is 1. The Morgan fingerprint density at radius 1 is 1.32 bits per heavy atom. The summed E-state index contributed by atoms with van der Waals surface area (Å²) in [7, 11) is 0. The predicted octanol–water partition coefficient (Wildman–Crippen LogP) is 3.89. The first-order valence-electron chi connectivity index (χ1n) is 5.71. The molecule has 0 bridgehead atoms. The second kappa shape index (κ2) is 6.12. The summed E-state index contributed by atoms with van der Waals surface area (Å²) in [5.74, 6) is -0.217. The highest BCUT2D eigenvalue weighted by Gasteiger charge is 2.05. The van der Waals surface area contributed by atoms with Crippen LogP contribution in [0.4, 0.5) is 0 Å². The highest BCUT2D eigenvalue weighted by atomic mass is 79.9. The van der Waals surface area contributed by atoms with Crippen LogP contribution in [0.5, 0.6) is 0 Å². The Morgan fingerprint density at radius 3 is 2.74 bits per heavy atom. The van der Waals surface area contributed by atoms with E-state index in [2.05, 4.69) is 26.5 Å². The van der Waals surface area contributed by atoms with Crippen LogP contribution in [0.25, 0.3) is 0 Å². The smallest absolute Gasteiger partial charge is 0.267 e. The molecule has 1 amide bonds. The summed E-state index contributed by atoms with van der Waals surface area (Å²) >= 11 is 5.00. The number of thiophene rings is 1. The molecule has 3 nitrogen and oxygen atoms in total. The Hall–Kier alpha value is -1.46. The van der Waals surface area contributed by atoms with Crippen molar-refractivity contribution >= 4 is 39.4 Å². The number of halogens is 1. The van der Waals surface area contributed by atoms with Crippen LogP contribution in [0.3, 0.4) is 0 Å². The van der Waals surface area contributed by atoms with Crippen molar-refractivity contribution in [2.75, 3.05) is 0 Å². The first kappa shape index (κ1) is 14.0. The van der Waals surface area contributed by atoms with E-state index in [4.69, 9.17) is 0 Å². The third-order valence-electron chi connectivity index (χ3n) is 2.68. The van der Waals surface area contributed by atoms with Crippen LogP contribution in [0, 0.1) is 13.8 Å². The summed E-state index contributed by atoms with van der Waals surface area (Å²) in [5, 5.41) is 5.97. The van der Waals surface area contributed by atoms with Gasteiger partial charge in [0, 0.05) is 14.9 Å². The van der Waals surface area contributed by atoms with Gasteiger partial charge in [-0.3, -0.25) is 4.79 Å². The lowest BCUT2D eigenvalue weighted by atomic mass is 10.1. The van der Waals surface area contributed by atoms with Gasteiger partial charge >= 0.3 is 0 Å². The van der Waals surface area contributed by atoms with Gasteiger partial charge in [-0.2, -0.15) is 5.10 Å². The minimum Gasteiger partial charge on any atom is -0.267 e. The molecule has 2 rings (SSSR count). The van der Waals surface area contributed by atoms with Gasteiger partial charge in [-0.25, -0.2) is 5.43 Å². The Kier molecular flexibility index (Phi) is 4.50. The number of aryl methyl sites for hydroxylation is 2. The number of carbonyl (C=O) groups is 1. The van der Waals surface area contributed by atoms with Crippen LogP contribution < -0.4 is 5.43 Å². The molecule has 98 valence electrons. The van der Waals surface area contributed by atoms with Gasteiger partial charge in [-0.15, -0.1) is 11.3 Å². The minimum absolute atomic E-state index is 0.217. The van der Waals surface area contributed by atoms with E-state index < -0.39 is 0 Å². The van der Waals surface area contributed by atoms with E-state index in [9.17, 15) is 4.79 Å². The molecule has 0 atom stereocenters. The molecule has 0 spiro atoms. The van der Waals surface area contributed by atoms with Gasteiger partial charge in [0.15, 0.2) is 0 Å². The summed E-state index contributed by atoms with van der Waals surface area (Å²) < 4.78 is 0.915. The molecule has 0 aliphatic rings. The van der Waals surface area contributed by atoms with Crippen LogP contribution in [0.1, 0.15) is 26.4 Å². The fourth-order valence-corrected chi connectivity index (χ4v) is 2.63. The number of benzene rings is 1. The molecule has 0 aliphatic heterocycles. The zero-order chi connectivity index (χ0) is 13.8. The standard InChI is InChI=1S/C14H13BrN2OS/c1-9-3-4-11(7-12(9)15)14(18)17-16-8-13-10(2)5-6-19-13/h3-8H,1-2H3,(H,17,18). The minimum atomic E-state index is -0.217. The maximum absolute atomic E-state index is 11.9. The number of nitrogens with one attached hydrogen (secondary N) is 1. The molecular formula is C14H13BrN2OS. The highest BCUT2D eigenvalue weighted by Crippen LogP contribution is 2.17. The van der Waals surface area contributed by atoms with Gasteiger partial charge in [-0.05, 0) is 48.6 Å². The summed E-state index contributed by atoms with van der Waals surface area (Å²) in [6, 6.07) is 7.48. The largest absolute Gasteiger partial charge is 0.271 e. The number of hydrazone groups is 1. The van der Waals surface area contributed by atoms with E-state index in [0.717, 1.165) is 20.5 Å². The maximum Gasteiger partial charge on any atom is 0.271 e. The van der Waals surface area contributed by atoms with Crippen molar-refractivity contribution in [2.45, 2.75) is 13.8 Å². The van der Waals surface area contributed by atoms with Crippen molar-refractivity contribution in [1.82, 2.24) is 5.43 Å². The fraction of sp³-hybridized carbons (Fsp3) is 0.143. The van der Waals surface area contributed by atoms with Crippen molar-refractivity contribution in [2.24, 2.45) is 5.10 Å². The van der Waals surface area contributed by atoms with E-state index in [0.29, 0.717) is 5.56 Å². The second-order valence-corrected chi connectivity index (χ2v) is 5.93. The monoisotopic (exact) mass is 336 g/mol. The average molecular weight is 337 g/mol. The quantitative estimate of drug-likeness (QED) is 0.670. The highest BCUT2D eigenvalue weighted by molar-refractivity contribution is 9.10. The molecular weight excluding hydrogens is 324 g/mol. The SMILES string of the molecule is Cc1ccc(C(=O)NN=Cc2sccc2C)cc1Br. The number of hydrogen-bond donors (Lipinski definition) is 1. The summed E-state index contributed by atoms with van der Waals surface area (Å²) in [6.45, 7) is 3.99. The number of rotatable bonds is 3. The van der Waals surface area contributed by atoms with Crippen molar-refractivity contribution in [3.05, 3.63) is 55.7 Å². The van der Waals surface area contributed by atoms with Gasteiger partial charge in [0.2, 0.25) is 0 Å². The van der Waals surface area contributed by atoms with Crippen molar-refractivity contribution in [1.29, 1.82) is 0 Å². The van der Waals surface area contributed by atoms with E-state index in [1.807, 2.05) is 31.4 Å². The number of amides is 1. The van der Waals surface area contributed by atoms with Crippen LogP contribution in [-0.2, 0) is 0 Å². The van der Waals surface area contributed by atoms with Crippen LogP contribution >= 0.6 is 27.3 Å². The normalized spacial score (nSPS) is 10.9. The molecule has 0 aliphatic carbocycles. The molecule has 1 heterocycles. The molecule has 1 aromatic heterocycles. The molecule has 1 N–H and O–H groups in total. The van der Waals surface area contributed by atoms with Crippen molar-refractivity contribution in [3.8, 4) is 0 Å². The zero-order valence-electron chi connectivity index (χ0n) is 10.6. The van der Waals surface area contributed by atoms with Gasteiger partial charge in [0.05, 0.1) is 6.21 Å². The second-order valence-electron chi connectivity index (χ2n) is 4.13. The Labute approximate surface area is 124 Å². The molecule has 5 heteroatoms. The van der Waals surface area contributed by atoms with Crippen LogP contribution in [-0.4, -0.2) is 12.1 Å². The van der Waals surface area contributed by atoms with Gasteiger partial charge < -0.3 is 0 Å². The predicted molar refractivity (Wildman–Crippen MR) is 83.0 cm³/mol. The summed E-state index contributed by atoms with van der Waals surface area (Å²) in [4.78, 5) is 12.9. The molecule has 0 fully saturated rings. The first-order chi connectivity index (χ1) is 9.08. The molecule has 2 aromatic rings.